The van der Waals surface area contributed by atoms with Gasteiger partial charge in [-0.3, -0.25) is 0 Å². The molecule has 38 heavy (non-hydrogen) atoms. The second-order valence-electron chi connectivity index (χ2n) is 8.63. The summed E-state index contributed by atoms with van der Waals surface area (Å²) in [5, 5.41) is 7.20. The molecule has 0 aliphatic carbocycles. The molecule has 1 unspecified atom stereocenters. The van der Waals surface area contributed by atoms with E-state index in [1.54, 1.807) is 50.3 Å². The second-order valence-corrected chi connectivity index (χ2v) is 8.63. The Morgan fingerprint density at radius 3 is 2.55 bits per heavy atom. The van der Waals surface area contributed by atoms with Crippen LogP contribution in [0.15, 0.2) is 78.0 Å². The summed E-state index contributed by atoms with van der Waals surface area (Å²) in [6, 6.07) is 21.5. The molecule has 0 saturated carbocycles. The minimum atomic E-state index is -0.408. The predicted molar refractivity (Wildman–Crippen MR) is 144 cm³/mol. The van der Waals surface area contributed by atoms with Crippen LogP contribution in [-0.4, -0.2) is 56.1 Å². The molecule has 3 aromatic rings. The van der Waals surface area contributed by atoms with Gasteiger partial charge in [0.2, 0.25) is 0 Å². The molecule has 1 heterocycles. The summed E-state index contributed by atoms with van der Waals surface area (Å²) in [6.07, 6.45) is 0.189. The molecular formula is C29H31N3O6. The van der Waals surface area contributed by atoms with Crippen molar-refractivity contribution in [1.82, 2.24) is 4.90 Å². The van der Waals surface area contributed by atoms with Crippen LogP contribution in [0.5, 0.6) is 11.5 Å². The number of amides is 2. The van der Waals surface area contributed by atoms with Gasteiger partial charge in [0.15, 0.2) is 6.10 Å². The molecule has 2 amide bonds. The first-order chi connectivity index (χ1) is 18.5. The highest BCUT2D eigenvalue weighted by molar-refractivity contribution is 6.03. The van der Waals surface area contributed by atoms with Gasteiger partial charge in [-0.25, -0.2) is 9.59 Å². The lowest BCUT2D eigenvalue weighted by molar-refractivity contribution is 0.0526. The number of rotatable bonds is 10. The largest absolute Gasteiger partial charge is 0.497 e. The lowest BCUT2D eigenvalue weighted by Gasteiger charge is -2.25. The molecule has 3 aromatic carbocycles. The number of oxime groups is 1. The van der Waals surface area contributed by atoms with E-state index in [9.17, 15) is 9.59 Å². The van der Waals surface area contributed by atoms with Crippen LogP contribution in [0, 0.1) is 0 Å². The first-order valence-electron chi connectivity index (χ1n) is 12.3. The van der Waals surface area contributed by atoms with Gasteiger partial charge in [0.1, 0.15) is 11.5 Å². The zero-order chi connectivity index (χ0) is 26.9. The number of carbonyl (C=O) groups excluding carboxylic acids is 2. The normalized spacial score (nSPS) is 14.2. The van der Waals surface area contributed by atoms with Crippen LogP contribution in [-0.2, 0) is 16.1 Å². The Bertz CT molecular complexity index is 1290. The fourth-order valence-electron chi connectivity index (χ4n) is 4.13. The van der Waals surface area contributed by atoms with E-state index in [1.807, 2.05) is 48.5 Å². The van der Waals surface area contributed by atoms with Gasteiger partial charge in [-0.05, 0) is 61.0 Å². The van der Waals surface area contributed by atoms with Crippen molar-refractivity contribution in [3.8, 4) is 11.5 Å². The number of ether oxygens (including phenoxy) is 3. The average Bonchev–Trinajstić information content (AvgIpc) is 3.41. The summed E-state index contributed by atoms with van der Waals surface area (Å²) in [7, 11) is 3.22. The van der Waals surface area contributed by atoms with Crippen molar-refractivity contribution in [3.05, 3.63) is 89.5 Å². The number of nitrogens with one attached hydrogen (secondary N) is 1. The zero-order valence-electron chi connectivity index (χ0n) is 21.7. The van der Waals surface area contributed by atoms with Gasteiger partial charge in [-0.1, -0.05) is 29.4 Å². The van der Waals surface area contributed by atoms with Crippen LogP contribution in [0.1, 0.15) is 34.8 Å². The van der Waals surface area contributed by atoms with Gasteiger partial charge in [0.25, 0.3) is 0 Å². The van der Waals surface area contributed by atoms with Gasteiger partial charge in [0, 0.05) is 24.2 Å². The third kappa shape index (κ3) is 6.61. The smallest absolute Gasteiger partial charge is 0.338 e. The number of para-hydroxylation sites is 1. The molecule has 0 fully saturated rings. The van der Waals surface area contributed by atoms with Crippen LogP contribution in [0.4, 0.5) is 10.5 Å². The van der Waals surface area contributed by atoms with E-state index in [2.05, 4.69) is 10.5 Å². The Kier molecular flexibility index (Phi) is 8.81. The number of esters is 1. The van der Waals surface area contributed by atoms with E-state index >= 15 is 0 Å². The lowest BCUT2D eigenvalue weighted by Crippen LogP contribution is -2.40. The lowest BCUT2D eigenvalue weighted by atomic mass is 10.0. The fourth-order valence-corrected chi connectivity index (χ4v) is 4.13. The van der Waals surface area contributed by atoms with Gasteiger partial charge in [0.05, 0.1) is 38.6 Å². The Morgan fingerprint density at radius 1 is 1.03 bits per heavy atom. The number of hydrogen-bond acceptors (Lipinski definition) is 7. The number of nitrogens with zero attached hydrogens (tertiary/aromatic N) is 2. The molecule has 0 aromatic heterocycles. The van der Waals surface area contributed by atoms with Crippen LogP contribution < -0.4 is 14.8 Å². The highest BCUT2D eigenvalue weighted by Gasteiger charge is 2.28. The summed E-state index contributed by atoms with van der Waals surface area (Å²) in [4.78, 5) is 32.8. The molecule has 1 N–H and O–H groups in total. The number of anilines is 1. The van der Waals surface area contributed by atoms with Crippen LogP contribution in [0.3, 0.4) is 0 Å². The Hall–Kier alpha value is -4.53. The monoisotopic (exact) mass is 517 g/mol. The van der Waals surface area contributed by atoms with Gasteiger partial charge in [-0.2, -0.15) is 0 Å². The number of hydrogen-bond donors (Lipinski definition) is 1. The maximum absolute atomic E-state index is 13.4. The van der Waals surface area contributed by atoms with Crippen molar-refractivity contribution in [3.63, 3.8) is 0 Å². The number of methoxy groups -OCH3 is 2. The summed E-state index contributed by atoms with van der Waals surface area (Å²) >= 11 is 0. The van der Waals surface area contributed by atoms with Crippen LogP contribution in [0.25, 0.3) is 0 Å². The molecule has 0 saturated heterocycles. The number of benzene rings is 3. The maximum Gasteiger partial charge on any atom is 0.338 e. The van der Waals surface area contributed by atoms with Crippen LogP contribution in [0.2, 0.25) is 0 Å². The number of urea groups is 1. The minimum absolute atomic E-state index is 0.294. The van der Waals surface area contributed by atoms with Crippen molar-refractivity contribution >= 4 is 23.4 Å². The second kappa shape index (κ2) is 12.6. The number of carbonyl (C=O) groups is 2. The SMILES string of the molecule is CCOC(=O)c1ccc(NC(=O)N(Cc2cccc(OC)c2)CC2CC(c3ccccc3OC)=NO2)cc1. The van der Waals surface area contributed by atoms with Crippen molar-refractivity contribution in [2.24, 2.45) is 5.16 Å². The highest BCUT2D eigenvalue weighted by atomic mass is 16.6. The molecule has 0 radical (unpaired) electrons. The third-order valence-electron chi connectivity index (χ3n) is 6.02. The Morgan fingerprint density at radius 2 is 1.82 bits per heavy atom. The molecule has 198 valence electrons. The van der Waals surface area contributed by atoms with Crippen molar-refractivity contribution < 1.29 is 28.6 Å². The van der Waals surface area contributed by atoms with Crippen LogP contribution >= 0.6 is 0 Å². The van der Waals surface area contributed by atoms with Gasteiger partial charge < -0.3 is 29.3 Å². The molecular weight excluding hydrogens is 486 g/mol. The average molecular weight is 518 g/mol. The first kappa shape index (κ1) is 26.5. The van der Waals surface area contributed by atoms with E-state index in [4.69, 9.17) is 19.0 Å². The summed E-state index contributed by atoms with van der Waals surface area (Å²) in [6.45, 7) is 2.67. The predicted octanol–water partition coefficient (Wildman–Crippen LogP) is 5.11. The summed E-state index contributed by atoms with van der Waals surface area (Å²) < 4.78 is 15.8. The highest BCUT2D eigenvalue weighted by Crippen LogP contribution is 2.26. The first-order valence-corrected chi connectivity index (χ1v) is 12.3. The van der Waals surface area contributed by atoms with Crippen molar-refractivity contribution in [1.29, 1.82) is 0 Å². The van der Waals surface area contributed by atoms with E-state index in [-0.39, 0.29) is 12.1 Å². The minimum Gasteiger partial charge on any atom is -0.497 e. The van der Waals surface area contributed by atoms with E-state index < -0.39 is 5.97 Å². The molecule has 1 atom stereocenters. The maximum atomic E-state index is 13.4. The molecule has 1 aliphatic rings. The van der Waals surface area contributed by atoms with Crippen molar-refractivity contribution in [2.75, 3.05) is 32.7 Å². The molecule has 9 nitrogen and oxygen atoms in total. The van der Waals surface area contributed by atoms with Gasteiger partial charge in [-0.15, -0.1) is 0 Å². The van der Waals surface area contributed by atoms with E-state index in [1.165, 1.54) is 0 Å². The standard InChI is InChI=1S/C29H31N3O6/c1-4-37-28(33)21-12-14-22(15-13-21)30-29(34)32(18-20-8-7-9-23(16-20)35-2)19-24-17-26(31-38-24)25-10-5-6-11-27(25)36-3/h5-16,24H,4,17-19H2,1-3H3,(H,30,34). The van der Waals surface area contributed by atoms with Crippen molar-refractivity contribution in [2.45, 2.75) is 26.0 Å². The quantitative estimate of drug-likeness (QED) is 0.376. The molecule has 1 aliphatic heterocycles. The molecule has 4 rings (SSSR count). The fraction of sp³-hybridized carbons (Fsp3) is 0.276. The van der Waals surface area contributed by atoms with Gasteiger partial charge >= 0.3 is 12.0 Å². The molecule has 0 spiro atoms. The Labute approximate surface area is 221 Å². The van der Waals surface area contributed by atoms with E-state index in [0.717, 1.165) is 16.8 Å². The summed E-state index contributed by atoms with van der Waals surface area (Å²) in [5.41, 5.74) is 3.50. The summed E-state index contributed by atoms with van der Waals surface area (Å²) in [5.74, 6) is 1.01. The Balaban J connectivity index is 1.48. The van der Waals surface area contributed by atoms with E-state index in [0.29, 0.717) is 48.9 Å². The molecule has 9 heteroatoms. The third-order valence-corrected chi connectivity index (χ3v) is 6.02. The zero-order valence-corrected chi connectivity index (χ0v) is 21.7. The topological polar surface area (TPSA) is 98.7 Å². The molecule has 0 bridgehead atoms.